The molecule has 108 valence electrons. The Morgan fingerprint density at radius 3 is 2.70 bits per heavy atom. The van der Waals surface area contributed by atoms with Gasteiger partial charge in [-0.1, -0.05) is 13.0 Å². The molecule has 0 aliphatic heterocycles. The number of benzene rings is 1. The van der Waals surface area contributed by atoms with Crippen molar-refractivity contribution in [3.8, 4) is 0 Å². The summed E-state index contributed by atoms with van der Waals surface area (Å²) in [6, 6.07) is 6.01. The second kappa shape index (κ2) is 6.61. The van der Waals surface area contributed by atoms with Gasteiger partial charge in [-0.05, 0) is 43.7 Å². The molecule has 1 unspecified atom stereocenters. The summed E-state index contributed by atoms with van der Waals surface area (Å²) < 4.78 is 28.2. The van der Waals surface area contributed by atoms with Crippen molar-refractivity contribution in [2.24, 2.45) is 0 Å². The Morgan fingerprint density at radius 1 is 1.25 bits per heavy atom. The number of nitrogens with one attached hydrogen (secondary N) is 1. The van der Waals surface area contributed by atoms with Crippen molar-refractivity contribution in [3.63, 3.8) is 0 Å². The molecule has 3 nitrogen and oxygen atoms in total. The second-order valence-electron chi connectivity index (χ2n) is 4.77. The molecule has 20 heavy (non-hydrogen) atoms. The van der Waals surface area contributed by atoms with Gasteiger partial charge in [0.05, 0.1) is 11.7 Å². The summed E-state index contributed by atoms with van der Waals surface area (Å²) in [6.45, 7) is 2.94. The summed E-state index contributed by atoms with van der Waals surface area (Å²) in [7, 11) is 1.85. The average Bonchev–Trinajstić information content (AvgIpc) is 2.88. The summed E-state index contributed by atoms with van der Waals surface area (Å²) in [6.07, 6.45) is 3.35. The van der Waals surface area contributed by atoms with E-state index in [-0.39, 0.29) is 6.04 Å². The molecule has 2 aromatic rings. The van der Waals surface area contributed by atoms with Crippen LogP contribution in [0.1, 0.15) is 30.6 Å². The molecule has 1 aromatic carbocycles. The Labute approximate surface area is 117 Å². The van der Waals surface area contributed by atoms with Gasteiger partial charge in [0.15, 0.2) is 11.6 Å². The minimum absolute atomic E-state index is 0.0221. The van der Waals surface area contributed by atoms with Crippen LogP contribution in [-0.2, 0) is 13.0 Å². The normalized spacial score (nSPS) is 12.6. The highest BCUT2D eigenvalue weighted by Crippen LogP contribution is 2.19. The Kier molecular flexibility index (Phi) is 4.84. The number of aryl methyl sites for hydroxylation is 1. The minimum Gasteiger partial charge on any atom is -0.311 e. The number of hydrogen-bond acceptors (Lipinski definition) is 2. The molecule has 0 fully saturated rings. The summed E-state index contributed by atoms with van der Waals surface area (Å²) in [5.41, 5.74) is 1.81. The van der Waals surface area contributed by atoms with Gasteiger partial charge in [0.25, 0.3) is 0 Å². The molecule has 0 aliphatic rings. The fourth-order valence-corrected chi connectivity index (χ4v) is 2.29. The third-order valence-electron chi connectivity index (χ3n) is 3.31. The van der Waals surface area contributed by atoms with Crippen LogP contribution in [0.4, 0.5) is 8.78 Å². The first-order valence-corrected chi connectivity index (χ1v) is 6.78. The monoisotopic (exact) mass is 279 g/mol. The van der Waals surface area contributed by atoms with Crippen molar-refractivity contribution in [2.45, 2.75) is 32.4 Å². The van der Waals surface area contributed by atoms with Gasteiger partial charge in [0.1, 0.15) is 0 Å². The summed E-state index contributed by atoms with van der Waals surface area (Å²) in [4.78, 5) is 0. The molecule has 1 heterocycles. The van der Waals surface area contributed by atoms with E-state index in [1.807, 2.05) is 17.8 Å². The van der Waals surface area contributed by atoms with E-state index >= 15 is 0 Å². The molecule has 0 spiro atoms. The number of rotatable bonds is 6. The molecule has 0 saturated carbocycles. The molecule has 1 atom stereocenters. The zero-order chi connectivity index (χ0) is 14.5. The van der Waals surface area contributed by atoms with E-state index in [2.05, 4.69) is 17.3 Å². The van der Waals surface area contributed by atoms with Gasteiger partial charge in [-0.15, -0.1) is 0 Å². The molecular weight excluding hydrogens is 260 g/mol. The number of aromatic nitrogens is 2. The lowest BCUT2D eigenvalue weighted by atomic mass is 10.0. The van der Waals surface area contributed by atoms with Gasteiger partial charge in [-0.25, -0.2) is 8.78 Å². The quantitative estimate of drug-likeness (QED) is 0.880. The number of nitrogens with zero attached hydrogens (tertiary/aromatic N) is 2. The maximum absolute atomic E-state index is 13.3. The highest BCUT2D eigenvalue weighted by molar-refractivity contribution is 5.21. The zero-order valence-corrected chi connectivity index (χ0v) is 11.7. The molecular formula is C15H19F2N3. The van der Waals surface area contributed by atoms with Crippen LogP contribution in [0, 0.1) is 11.6 Å². The fraction of sp³-hybridized carbons (Fsp3) is 0.400. The molecule has 2 rings (SSSR count). The predicted octanol–water partition coefficient (Wildman–Crippen LogP) is 3.07. The predicted molar refractivity (Wildman–Crippen MR) is 74.4 cm³/mol. The molecule has 0 amide bonds. The van der Waals surface area contributed by atoms with Gasteiger partial charge < -0.3 is 5.32 Å². The molecule has 5 heteroatoms. The molecule has 0 radical (unpaired) electrons. The SMILES string of the molecule is CCCn1nccc1C(Cc1ccc(F)c(F)c1)NC. The second-order valence-corrected chi connectivity index (χ2v) is 4.77. The van der Waals surface area contributed by atoms with Crippen LogP contribution in [0.5, 0.6) is 0 Å². The van der Waals surface area contributed by atoms with Crippen LogP contribution in [0.2, 0.25) is 0 Å². The first-order chi connectivity index (χ1) is 9.65. The number of halogens is 2. The highest BCUT2D eigenvalue weighted by Gasteiger charge is 2.15. The molecule has 1 aromatic heterocycles. The standard InChI is InChI=1S/C15H19F2N3/c1-3-8-20-15(6-7-19-20)14(18-2)10-11-4-5-12(16)13(17)9-11/h4-7,9,14,18H,3,8,10H2,1-2H3. The summed E-state index contributed by atoms with van der Waals surface area (Å²) in [5, 5.41) is 7.50. The van der Waals surface area contributed by atoms with Crippen LogP contribution in [-0.4, -0.2) is 16.8 Å². The first-order valence-electron chi connectivity index (χ1n) is 6.78. The molecule has 1 N–H and O–H groups in total. The van der Waals surface area contributed by atoms with E-state index in [4.69, 9.17) is 0 Å². The smallest absolute Gasteiger partial charge is 0.159 e. The van der Waals surface area contributed by atoms with E-state index in [0.29, 0.717) is 6.42 Å². The summed E-state index contributed by atoms with van der Waals surface area (Å²) >= 11 is 0. The maximum Gasteiger partial charge on any atom is 0.159 e. The van der Waals surface area contributed by atoms with Gasteiger partial charge >= 0.3 is 0 Å². The lowest BCUT2D eigenvalue weighted by molar-refractivity contribution is 0.489. The average molecular weight is 279 g/mol. The first kappa shape index (κ1) is 14.7. The third-order valence-corrected chi connectivity index (χ3v) is 3.31. The number of hydrogen-bond donors (Lipinski definition) is 1. The van der Waals surface area contributed by atoms with E-state index in [1.165, 1.54) is 12.1 Å². The Morgan fingerprint density at radius 2 is 2.05 bits per heavy atom. The Bertz CT molecular complexity index is 566. The van der Waals surface area contributed by atoms with Crippen molar-refractivity contribution >= 4 is 0 Å². The fourth-order valence-electron chi connectivity index (χ4n) is 2.29. The molecule has 0 saturated heterocycles. The maximum atomic E-state index is 13.3. The van der Waals surface area contributed by atoms with Gasteiger partial charge in [-0.3, -0.25) is 4.68 Å². The van der Waals surface area contributed by atoms with Crippen LogP contribution >= 0.6 is 0 Å². The topological polar surface area (TPSA) is 29.9 Å². The zero-order valence-electron chi connectivity index (χ0n) is 11.7. The van der Waals surface area contributed by atoms with E-state index < -0.39 is 11.6 Å². The van der Waals surface area contributed by atoms with Crippen LogP contribution in [0.15, 0.2) is 30.5 Å². The van der Waals surface area contributed by atoms with Crippen molar-refractivity contribution in [2.75, 3.05) is 7.05 Å². The van der Waals surface area contributed by atoms with Crippen LogP contribution in [0.3, 0.4) is 0 Å². The van der Waals surface area contributed by atoms with Gasteiger partial charge in [0.2, 0.25) is 0 Å². The van der Waals surface area contributed by atoms with Crippen molar-refractivity contribution in [3.05, 3.63) is 53.4 Å². The molecule has 0 bridgehead atoms. The van der Waals surface area contributed by atoms with Crippen molar-refractivity contribution in [1.82, 2.24) is 15.1 Å². The van der Waals surface area contributed by atoms with E-state index in [9.17, 15) is 8.78 Å². The lowest BCUT2D eigenvalue weighted by Gasteiger charge is -2.18. The lowest BCUT2D eigenvalue weighted by Crippen LogP contribution is -2.22. The van der Waals surface area contributed by atoms with E-state index in [1.54, 1.807) is 12.3 Å². The van der Waals surface area contributed by atoms with Crippen molar-refractivity contribution < 1.29 is 8.78 Å². The largest absolute Gasteiger partial charge is 0.311 e. The number of likely N-dealkylation sites (N-methyl/N-ethyl adjacent to an activating group) is 1. The van der Waals surface area contributed by atoms with Crippen LogP contribution < -0.4 is 5.32 Å². The molecule has 0 aliphatic carbocycles. The van der Waals surface area contributed by atoms with E-state index in [0.717, 1.165) is 24.2 Å². The summed E-state index contributed by atoms with van der Waals surface area (Å²) in [5.74, 6) is -1.62. The van der Waals surface area contributed by atoms with Crippen molar-refractivity contribution in [1.29, 1.82) is 0 Å². The third kappa shape index (κ3) is 3.22. The minimum atomic E-state index is -0.814. The Hall–Kier alpha value is -1.75. The van der Waals surface area contributed by atoms with Gasteiger partial charge in [-0.2, -0.15) is 5.10 Å². The Balaban J connectivity index is 2.19. The van der Waals surface area contributed by atoms with Gasteiger partial charge in [0, 0.05) is 12.7 Å². The highest BCUT2D eigenvalue weighted by atomic mass is 19.2. The van der Waals surface area contributed by atoms with Crippen LogP contribution in [0.25, 0.3) is 0 Å².